The molecule has 1 aromatic heterocycles. The van der Waals surface area contributed by atoms with Gasteiger partial charge in [0.2, 0.25) is 0 Å². The predicted octanol–water partition coefficient (Wildman–Crippen LogP) is 4.03. The van der Waals surface area contributed by atoms with E-state index in [0.717, 1.165) is 17.9 Å². The number of hydrogen-bond acceptors (Lipinski definition) is 2. The van der Waals surface area contributed by atoms with Crippen molar-refractivity contribution in [3.05, 3.63) is 34.6 Å². The fraction of sp³-hybridized carbons (Fsp3) is 0.467. The maximum atomic E-state index is 6.01. The summed E-state index contributed by atoms with van der Waals surface area (Å²) in [7, 11) is 0. The Hall–Kier alpha value is -1.28. The number of nitrogens with one attached hydrogen (secondary N) is 1. The molecular formula is C15H21NO. The Bertz CT molecular complexity index is 539. The second-order valence-electron chi connectivity index (χ2n) is 4.81. The molecule has 0 spiro atoms. The molecule has 0 aliphatic rings. The van der Waals surface area contributed by atoms with E-state index < -0.39 is 0 Å². The lowest BCUT2D eigenvalue weighted by molar-refractivity contribution is 0.458. The molecule has 0 bridgehead atoms. The molecule has 0 fully saturated rings. The largest absolute Gasteiger partial charge is 0.459 e. The maximum absolute atomic E-state index is 6.01. The molecule has 1 unspecified atom stereocenters. The van der Waals surface area contributed by atoms with E-state index in [4.69, 9.17) is 4.42 Å². The van der Waals surface area contributed by atoms with Crippen LogP contribution >= 0.6 is 0 Å². The van der Waals surface area contributed by atoms with Gasteiger partial charge in [-0.1, -0.05) is 13.0 Å². The van der Waals surface area contributed by atoms with Crippen LogP contribution in [-0.2, 0) is 0 Å². The van der Waals surface area contributed by atoms with Crippen molar-refractivity contribution in [1.29, 1.82) is 0 Å². The van der Waals surface area contributed by atoms with Crippen molar-refractivity contribution in [3.8, 4) is 0 Å². The van der Waals surface area contributed by atoms with Gasteiger partial charge in [-0.3, -0.25) is 0 Å². The van der Waals surface area contributed by atoms with E-state index in [2.05, 4.69) is 52.1 Å². The summed E-state index contributed by atoms with van der Waals surface area (Å²) in [4.78, 5) is 0. The molecule has 2 rings (SSSR count). The third kappa shape index (κ3) is 2.09. The molecule has 0 saturated heterocycles. The van der Waals surface area contributed by atoms with Crippen molar-refractivity contribution in [2.45, 2.75) is 40.7 Å². The quantitative estimate of drug-likeness (QED) is 0.862. The molecule has 1 N–H and O–H groups in total. The first-order chi connectivity index (χ1) is 8.04. The topological polar surface area (TPSA) is 25.2 Å². The Labute approximate surface area is 103 Å². The molecule has 0 saturated carbocycles. The first-order valence-corrected chi connectivity index (χ1v) is 6.28. The van der Waals surface area contributed by atoms with E-state index in [-0.39, 0.29) is 6.04 Å². The van der Waals surface area contributed by atoms with Crippen LogP contribution in [0.15, 0.2) is 16.5 Å². The van der Waals surface area contributed by atoms with Crippen LogP contribution in [0.1, 0.15) is 42.3 Å². The van der Waals surface area contributed by atoms with E-state index in [1.165, 1.54) is 22.1 Å². The van der Waals surface area contributed by atoms with Crippen LogP contribution in [0.25, 0.3) is 11.0 Å². The molecule has 0 aliphatic heterocycles. The van der Waals surface area contributed by atoms with Crippen LogP contribution in [0, 0.1) is 20.8 Å². The summed E-state index contributed by atoms with van der Waals surface area (Å²) >= 11 is 0. The second kappa shape index (κ2) is 4.53. The molecule has 1 heterocycles. The van der Waals surface area contributed by atoms with Gasteiger partial charge in [0.15, 0.2) is 0 Å². The van der Waals surface area contributed by atoms with Crippen LogP contribution < -0.4 is 5.32 Å². The van der Waals surface area contributed by atoms with Gasteiger partial charge in [-0.25, -0.2) is 0 Å². The lowest BCUT2D eigenvalue weighted by Crippen LogP contribution is -2.16. The summed E-state index contributed by atoms with van der Waals surface area (Å²) in [5.74, 6) is 1.03. The highest BCUT2D eigenvalue weighted by molar-refractivity contribution is 5.85. The smallest absolute Gasteiger partial charge is 0.137 e. The lowest BCUT2D eigenvalue weighted by atomic mass is 10.0. The Kier molecular flexibility index (Phi) is 3.25. The molecule has 92 valence electrons. The Morgan fingerprint density at radius 1 is 1.18 bits per heavy atom. The standard InChI is InChI=1S/C15H21NO/c1-6-16-12(5)14-8-13-10(3)7-9(2)11(4)15(13)17-14/h7-8,12,16H,6H2,1-5H3. The number of fused-ring (bicyclic) bond motifs is 1. The van der Waals surface area contributed by atoms with Crippen molar-refractivity contribution in [2.75, 3.05) is 6.54 Å². The second-order valence-corrected chi connectivity index (χ2v) is 4.81. The zero-order valence-corrected chi connectivity index (χ0v) is 11.3. The zero-order valence-electron chi connectivity index (χ0n) is 11.3. The fourth-order valence-electron chi connectivity index (χ4n) is 2.29. The monoisotopic (exact) mass is 231 g/mol. The van der Waals surface area contributed by atoms with Gasteiger partial charge in [-0.2, -0.15) is 0 Å². The number of hydrogen-bond donors (Lipinski definition) is 1. The predicted molar refractivity (Wildman–Crippen MR) is 72.5 cm³/mol. The van der Waals surface area contributed by atoms with Crippen molar-refractivity contribution in [2.24, 2.45) is 0 Å². The van der Waals surface area contributed by atoms with Gasteiger partial charge < -0.3 is 9.73 Å². The molecule has 1 aromatic carbocycles. The maximum Gasteiger partial charge on any atom is 0.137 e. The Morgan fingerprint density at radius 2 is 1.88 bits per heavy atom. The lowest BCUT2D eigenvalue weighted by Gasteiger charge is -2.07. The summed E-state index contributed by atoms with van der Waals surface area (Å²) in [6.07, 6.45) is 0. The molecule has 17 heavy (non-hydrogen) atoms. The molecule has 2 heteroatoms. The van der Waals surface area contributed by atoms with Gasteiger partial charge in [-0.15, -0.1) is 0 Å². The SMILES string of the molecule is CCNC(C)c1cc2c(C)cc(C)c(C)c2o1. The van der Waals surface area contributed by atoms with Crippen molar-refractivity contribution in [3.63, 3.8) is 0 Å². The molecular weight excluding hydrogens is 210 g/mol. The molecule has 1 atom stereocenters. The van der Waals surface area contributed by atoms with E-state index in [1.807, 2.05) is 0 Å². The van der Waals surface area contributed by atoms with Gasteiger partial charge in [0.1, 0.15) is 11.3 Å². The third-order valence-corrected chi connectivity index (χ3v) is 3.48. The number of benzene rings is 1. The van der Waals surface area contributed by atoms with Gasteiger partial charge in [0, 0.05) is 5.39 Å². The number of rotatable bonds is 3. The first kappa shape index (κ1) is 12.2. The van der Waals surface area contributed by atoms with Gasteiger partial charge >= 0.3 is 0 Å². The molecule has 0 radical (unpaired) electrons. The van der Waals surface area contributed by atoms with Crippen molar-refractivity contribution < 1.29 is 4.42 Å². The summed E-state index contributed by atoms with van der Waals surface area (Å²) < 4.78 is 6.01. The summed E-state index contributed by atoms with van der Waals surface area (Å²) in [6, 6.07) is 4.67. The minimum atomic E-state index is 0.270. The summed E-state index contributed by atoms with van der Waals surface area (Å²) in [5, 5.41) is 4.63. The van der Waals surface area contributed by atoms with E-state index in [1.54, 1.807) is 0 Å². The van der Waals surface area contributed by atoms with Crippen LogP contribution in [0.3, 0.4) is 0 Å². The average Bonchev–Trinajstić information content (AvgIpc) is 2.72. The fourth-order valence-corrected chi connectivity index (χ4v) is 2.29. The van der Waals surface area contributed by atoms with Crippen molar-refractivity contribution in [1.82, 2.24) is 5.32 Å². The minimum Gasteiger partial charge on any atom is -0.459 e. The number of furan rings is 1. The molecule has 2 nitrogen and oxygen atoms in total. The van der Waals surface area contributed by atoms with Crippen LogP contribution in [0.5, 0.6) is 0 Å². The number of aryl methyl sites for hydroxylation is 3. The van der Waals surface area contributed by atoms with Crippen molar-refractivity contribution >= 4 is 11.0 Å². The minimum absolute atomic E-state index is 0.270. The zero-order chi connectivity index (χ0) is 12.6. The van der Waals surface area contributed by atoms with Gasteiger partial charge in [0.25, 0.3) is 0 Å². The Balaban J connectivity index is 2.57. The van der Waals surface area contributed by atoms with Gasteiger partial charge in [0.05, 0.1) is 6.04 Å². The molecule has 0 amide bonds. The van der Waals surface area contributed by atoms with Crippen LogP contribution in [0.2, 0.25) is 0 Å². The first-order valence-electron chi connectivity index (χ1n) is 6.28. The summed E-state index contributed by atoms with van der Waals surface area (Å²) in [5.41, 5.74) is 4.89. The van der Waals surface area contributed by atoms with Crippen LogP contribution in [-0.4, -0.2) is 6.54 Å². The van der Waals surface area contributed by atoms with Gasteiger partial charge in [-0.05, 0) is 57.0 Å². The summed E-state index contributed by atoms with van der Waals surface area (Å²) in [6.45, 7) is 11.6. The molecule has 2 aromatic rings. The molecule has 0 aliphatic carbocycles. The Morgan fingerprint density at radius 3 is 2.53 bits per heavy atom. The normalized spacial score (nSPS) is 13.2. The van der Waals surface area contributed by atoms with Crippen LogP contribution in [0.4, 0.5) is 0 Å². The average molecular weight is 231 g/mol. The highest BCUT2D eigenvalue weighted by Crippen LogP contribution is 2.30. The van der Waals surface area contributed by atoms with E-state index in [0.29, 0.717) is 0 Å². The highest BCUT2D eigenvalue weighted by Gasteiger charge is 2.14. The third-order valence-electron chi connectivity index (χ3n) is 3.48. The highest BCUT2D eigenvalue weighted by atomic mass is 16.3. The van der Waals surface area contributed by atoms with E-state index in [9.17, 15) is 0 Å². The van der Waals surface area contributed by atoms with E-state index >= 15 is 0 Å².